The van der Waals surface area contributed by atoms with Crippen LogP contribution in [-0.4, -0.2) is 58.1 Å². The van der Waals surface area contributed by atoms with E-state index in [0.717, 1.165) is 18.8 Å². The number of nitrogens with two attached hydrogens (primary N) is 1. The van der Waals surface area contributed by atoms with Crippen LogP contribution in [0.4, 0.5) is 5.69 Å². The zero-order valence-electron chi connectivity index (χ0n) is 12.7. The fourth-order valence-electron chi connectivity index (χ4n) is 1.99. The van der Waals surface area contributed by atoms with Gasteiger partial charge in [0.1, 0.15) is 12.4 Å². The summed E-state index contributed by atoms with van der Waals surface area (Å²) in [6.45, 7) is 5.78. The Kier molecular flexibility index (Phi) is 8.02. The maximum Gasteiger partial charge on any atom is 0.142 e. The van der Waals surface area contributed by atoms with Gasteiger partial charge >= 0.3 is 0 Å². The van der Waals surface area contributed by atoms with Gasteiger partial charge in [-0.25, -0.2) is 0 Å². The first-order valence-corrected chi connectivity index (χ1v) is 6.88. The van der Waals surface area contributed by atoms with Gasteiger partial charge in [0.25, 0.3) is 0 Å². The quantitative estimate of drug-likeness (QED) is 0.661. The molecule has 0 amide bonds. The van der Waals surface area contributed by atoms with Crippen molar-refractivity contribution in [1.29, 1.82) is 0 Å². The van der Waals surface area contributed by atoms with Gasteiger partial charge in [-0.2, -0.15) is 0 Å². The van der Waals surface area contributed by atoms with E-state index in [2.05, 4.69) is 11.8 Å². The van der Waals surface area contributed by atoms with Crippen LogP contribution in [0.25, 0.3) is 0 Å². The Morgan fingerprint density at radius 2 is 1.80 bits per heavy atom. The molecule has 0 aliphatic rings. The summed E-state index contributed by atoms with van der Waals surface area (Å²) in [4.78, 5) is 2.28. The number of hydrogen-bond acceptors (Lipinski definition) is 5. The number of methoxy groups -OCH3 is 2. The fourth-order valence-corrected chi connectivity index (χ4v) is 1.99. The van der Waals surface area contributed by atoms with Gasteiger partial charge in [-0.3, -0.25) is 4.90 Å². The minimum Gasteiger partial charge on any atom is -0.490 e. The summed E-state index contributed by atoms with van der Waals surface area (Å²) < 4.78 is 16.1. The number of nitrogens with zero attached hydrogens (tertiary/aromatic N) is 1. The molecule has 0 bridgehead atoms. The third-order valence-electron chi connectivity index (χ3n) is 3.17. The molecular weight excluding hydrogens is 256 g/mol. The molecule has 5 nitrogen and oxygen atoms in total. The van der Waals surface area contributed by atoms with Crippen LogP contribution in [0.15, 0.2) is 24.3 Å². The Balaban J connectivity index is 2.43. The van der Waals surface area contributed by atoms with Crippen molar-refractivity contribution < 1.29 is 14.2 Å². The normalized spacial score (nSPS) is 12.6. The number of rotatable bonds is 10. The molecule has 0 fully saturated rings. The molecule has 1 aromatic carbocycles. The lowest BCUT2D eigenvalue weighted by Crippen LogP contribution is -2.41. The summed E-state index contributed by atoms with van der Waals surface area (Å²) in [5, 5.41) is 0. The highest BCUT2D eigenvalue weighted by Gasteiger charge is 2.13. The van der Waals surface area contributed by atoms with Gasteiger partial charge in [0.05, 0.1) is 18.9 Å². The zero-order valence-corrected chi connectivity index (χ0v) is 12.7. The largest absolute Gasteiger partial charge is 0.490 e. The maximum absolute atomic E-state index is 5.85. The van der Waals surface area contributed by atoms with E-state index in [0.29, 0.717) is 31.5 Å². The van der Waals surface area contributed by atoms with E-state index < -0.39 is 0 Å². The zero-order chi connectivity index (χ0) is 14.8. The predicted octanol–water partition coefficient (Wildman–Crippen LogP) is 1.63. The van der Waals surface area contributed by atoms with Gasteiger partial charge in [-0.15, -0.1) is 0 Å². The summed E-state index contributed by atoms with van der Waals surface area (Å²) in [5.41, 5.74) is 6.51. The number of nitrogen functional groups attached to an aromatic ring is 1. The second kappa shape index (κ2) is 9.58. The molecule has 2 N–H and O–H groups in total. The molecule has 1 atom stereocenters. The number of hydrogen-bond donors (Lipinski definition) is 1. The molecule has 0 aliphatic carbocycles. The summed E-state index contributed by atoms with van der Waals surface area (Å²) in [6, 6.07) is 7.86. The minimum atomic E-state index is 0.326. The van der Waals surface area contributed by atoms with E-state index in [1.165, 1.54) is 0 Å². The highest BCUT2D eigenvalue weighted by molar-refractivity contribution is 5.51. The first kappa shape index (κ1) is 16.8. The Morgan fingerprint density at radius 3 is 2.45 bits per heavy atom. The Labute approximate surface area is 121 Å². The lowest BCUT2D eigenvalue weighted by Gasteiger charge is -2.28. The summed E-state index contributed by atoms with van der Waals surface area (Å²) >= 11 is 0. The van der Waals surface area contributed by atoms with Gasteiger partial charge in [-0.05, 0) is 19.1 Å². The molecule has 0 radical (unpaired) electrons. The molecule has 1 aromatic rings. The third kappa shape index (κ3) is 5.77. The van der Waals surface area contributed by atoms with E-state index in [9.17, 15) is 0 Å². The minimum absolute atomic E-state index is 0.326. The van der Waals surface area contributed by atoms with Crippen molar-refractivity contribution in [2.75, 3.05) is 52.9 Å². The van der Waals surface area contributed by atoms with E-state index in [1.807, 2.05) is 24.3 Å². The van der Waals surface area contributed by atoms with Crippen molar-refractivity contribution in [3.63, 3.8) is 0 Å². The predicted molar refractivity (Wildman–Crippen MR) is 81.1 cm³/mol. The highest BCUT2D eigenvalue weighted by atomic mass is 16.5. The second-order valence-corrected chi connectivity index (χ2v) is 4.72. The Hall–Kier alpha value is -1.30. The second-order valence-electron chi connectivity index (χ2n) is 4.72. The van der Waals surface area contributed by atoms with E-state index in [-0.39, 0.29) is 0 Å². The van der Waals surface area contributed by atoms with Crippen molar-refractivity contribution in [1.82, 2.24) is 4.90 Å². The highest BCUT2D eigenvalue weighted by Crippen LogP contribution is 2.19. The topological polar surface area (TPSA) is 57.0 Å². The van der Waals surface area contributed by atoms with Crippen LogP contribution in [0, 0.1) is 0 Å². The van der Waals surface area contributed by atoms with Crippen LogP contribution in [0.3, 0.4) is 0 Å². The van der Waals surface area contributed by atoms with Crippen molar-refractivity contribution in [2.45, 2.75) is 13.0 Å². The van der Waals surface area contributed by atoms with Gasteiger partial charge in [-0.1, -0.05) is 12.1 Å². The summed E-state index contributed by atoms with van der Waals surface area (Å²) in [5.74, 6) is 0.735. The summed E-state index contributed by atoms with van der Waals surface area (Å²) in [6.07, 6.45) is 0. The van der Waals surface area contributed by atoms with Gasteiger partial charge in [0, 0.05) is 33.4 Å². The van der Waals surface area contributed by atoms with Crippen LogP contribution in [-0.2, 0) is 9.47 Å². The number of para-hydroxylation sites is 2. The van der Waals surface area contributed by atoms with Gasteiger partial charge < -0.3 is 19.9 Å². The molecule has 0 saturated heterocycles. The first-order chi connectivity index (χ1) is 9.69. The lowest BCUT2D eigenvalue weighted by atomic mass is 10.3. The molecule has 0 spiro atoms. The molecule has 0 aromatic heterocycles. The van der Waals surface area contributed by atoms with Gasteiger partial charge in [0.15, 0.2) is 0 Å². The van der Waals surface area contributed by atoms with Crippen LogP contribution < -0.4 is 10.5 Å². The van der Waals surface area contributed by atoms with Crippen molar-refractivity contribution >= 4 is 5.69 Å². The van der Waals surface area contributed by atoms with Crippen molar-refractivity contribution in [2.24, 2.45) is 0 Å². The monoisotopic (exact) mass is 282 g/mol. The SMILES string of the molecule is COCCN(CCOc1ccccc1N)C(C)COC. The molecule has 5 heteroatoms. The maximum atomic E-state index is 5.85. The van der Waals surface area contributed by atoms with Crippen molar-refractivity contribution in [3.05, 3.63) is 24.3 Å². The molecule has 0 heterocycles. The van der Waals surface area contributed by atoms with Gasteiger partial charge in [0.2, 0.25) is 0 Å². The number of anilines is 1. The first-order valence-electron chi connectivity index (χ1n) is 6.88. The molecule has 1 rings (SSSR count). The third-order valence-corrected chi connectivity index (χ3v) is 3.17. The molecule has 114 valence electrons. The summed E-state index contributed by atoms with van der Waals surface area (Å²) in [7, 11) is 3.42. The molecule has 0 saturated carbocycles. The molecule has 1 unspecified atom stereocenters. The Morgan fingerprint density at radius 1 is 1.10 bits per heavy atom. The van der Waals surface area contributed by atoms with Crippen LogP contribution in [0.5, 0.6) is 5.75 Å². The van der Waals surface area contributed by atoms with Crippen LogP contribution >= 0.6 is 0 Å². The average molecular weight is 282 g/mol. The molecular formula is C15H26N2O3. The van der Waals surface area contributed by atoms with Crippen LogP contribution in [0.1, 0.15) is 6.92 Å². The van der Waals surface area contributed by atoms with E-state index in [1.54, 1.807) is 14.2 Å². The standard InChI is InChI=1S/C15H26N2O3/c1-13(12-19-3)17(8-10-18-2)9-11-20-15-7-5-4-6-14(15)16/h4-7,13H,8-12,16H2,1-3H3. The van der Waals surface area contributed by atoms with E-state index in [4.69, 9.17) is 19.9 Å². The smallest absolute Gasteiger partial charge is 0.142 e. The lowest BCUT2D eigenvalue weighted by molar-refractivity contribution is 0.0662. The van der Waals surface area contributed by atoms with Crippen molar-refractivity contribution in [3.8, 4) is 5.75 Å². The Bertz CT molecular complexity index is 374. The molecule has 0 aliphatic heterocycles. The van der Waals surface area contributed by atoms with E-state index >= 15 is 0 Å². The number of ether oxygens (including phenoxy) is 3. The number of benzene rings is 1. The molecule has 20 heavy (non-hydrogen) atoms. The van der Waals surface area contributed by atoms with Crippen LogP contribution in [0.2, 0.25) is 0 Å². The average Bonchev–Trinajstić information content (AvgIpc) is 2.44. The fraction of sp³-hybridized carbons (Fsp3) is 0.600.